The van der Waals surface area contributed by atoms with Crippen LogP contribution < -0.4 is 5.32 Å². The number of hydrogen-bond donors (Lipinski definition) is 1. The normalized spacial score (nSPS) is 25.5. The Bertz CT molecular complexity index is 37.2. The van der Waals surface area contributed by atoms with Crippen LogP contribution >= 0.6 is 0 Å². The van der Waals surface area contributed by atoms with Crippen molar-refractivity contribution in [3.8, 4) is 0 Å². The average molecular weight is 84.1 g/mol. The van der Waals surface area contributed by atoms with Crippen molar-refractivity contribution >= 4 is 0 Å². The van der Waals surface area contributed by atoms with Crippen LogP contribution in [-0.2, 0) is 0 Å². The van der Waals surface area contributed by atoms with Crippen molar-refractivity contribution in [1.29, 1.82) is 0 Å². The van der Waals surface area contributed by atoms with Gasteiger partial charge in [-0.05, 0) is 26.3 Å². The maximum atomic E-state index is 3.24. The van der Waals surface area contributed by atoms with E-state index in [1.165, 1.54) is 25.4 Å². The number of rotatable bonds is 0. The first-order valence-electron chi connectivity index (χ1n) is 2.46. The van der Waals surface area contributed by atoms with Crippen LogP contribution in [0.5, 0.6) is 0 Å². The molecule has 1 heteroatoms. The van der Waals surface area contributed by atoms with Gasteiger partial charge in [0.15, 0.2) is 0 Å². The third-order valence-electron chi connectivity index (χ3n) is 1.16. The molecule has 0 saturated carbocycles. The summed E-state index contributed by atoms with van der Waals surface area (Å²) in [6.45, 7) is 3.35. The van der Waals surface area contributed by atoms with Crippen molar-refractivity contribution in [1.82, 2.24) is 5.32 Å². The van der Waals surface area contributed by atoms with E-state index >= 15 is 0 Å². The summed E-state index contributed by atoms with van der Waals surface area (Å²) in [4.78, 5) is 0. The Balaban J connectivity index is 2.18. The lowest BCUT2D eigenvalue weighted by atomic mass is 10.3. The molecule has 0 aliphatic carbocycles. The minimum absolute atomic E-state index is 1.20. The first kappa shape index (κ1) is 4.13. The lowest BCUT2D eigenvalue weighted by molar-refractivity contribution is 0.830. The fourth-order valence-corrected chi connectivity index (χ4v) is 0.744. The van der Waals surface area contributed by atoms with Crippen LogP contribution in [0.3, 0.4) is 0 Å². The van der Waals surface area contributed by atoms with Gasteiger partial charge in [0.25, 0.3) is 0 Å². The van der Waals surface area contributed by atoms with Gasteiger partial charge >= 0.3 is 0 Å². The lowest BCUT2D eigenvalue weighted by Crippen LogP contribution is -2.07. The molecule has 6 heavy (non-hydrogen) atoms. The van der Waals surface area contributed by atoms with Crippen LogP contribution in [0.1, 0.15) is 19.8 Å². The molecule has 1 aliphatic rings. The predicted molar refractivity (Wildman–Crippen MR) is 26.2 cm³/mol. The molecule has 0 spiro atoms. The summed E-state index contributed by atoms with van der Waals surface area (Å²) in [6, 6.07) is 1.45. The third kappa shape index (κ3) is 0.716. The van der Waals surface area contributed by atoms with Crippen LogP contribution in [0.25, 0.3) is 0 Å². The van der Waals surface area contributed by atoms with Gasteiger partial charge in [-0.15, -0.1) is 0 Å². The van der Waals surface area contributed by atoms with Gasteiger partial charge in [-0.3, -0.25) is 0 Å². The molecule has 0 atom stereocenters. The Morgan fingerprint density at radius 3 is 2.67 bits per heavy atom. The molecule has 0 aromatic heterocycles. The fourth-order valence-electron chi connectivity index (χ4n) is 0.744. The zero-order valence-electron chi connectivity index (χ0n) is 4.12. The highest BCUT2D eigenvalue weighted by Gasteiger charge is 2.06. The van der Waals surface area contributed by atoms with Crippen LogP contribution in [-0.4, -0.2) is 6.54 Å². The molecule has 1 radical (unpaired) electrons. The summed E-state index contributed by atoms with van der Waals surface area (Å²) in [6.07, 6.45) is 2.63. The molecular formula is C5H10N. The monoisotopic (exact) mass is 84.1 g/mol. The molecule has 0 aromatic rings. The van der Waals surface area contributed by atoms with Crippen LogP contribution in [0.4, 0.5) is 0 Å². The molecule has 1 N–H and O–H groups in total. The van der Waals surface area contributed by atoms with Crippen LogP contribution in [0.2, 0.25) is 0 Å². The fraction of sp³-hybridized carbons (Fsp3) is 0.800. The first-order valence-corrected chi connectivity index (χ1v) is 2.46. The van der Waals surface area contributed by atoms with E-state index in [9.17, 15) is 0 Å². The first-order chi connectivity index (χ1) is 2.89. The quantitative estimate of drug-likeness (QED) is 0.460. The number of hydrogen-bond acceptors (Lipinski definition) is 1. The summed E-state index contributed by atoms with van der Waals surface area (Å²) in [7, 11) is 0. The van der Waals surface area contributed by atoms with Crippen molar-refractivity contribution in [2.24, 2.45) is 0 Å². The third-order valence-corrected chi connectivity index (χ3v) is 1.16. The summed E-state index contributed by atoms with van der Waals surface area (Å²) >= 11 is 0. The highest BCUT2D eigenvalue weighted by molar-refractivity contribution is 4.86. The molecule has 1 saturated heterocycles. The summed E-state index contributed by atoms with van der Waals surface area (Å²) in [5.74, 6) is 0. The second-order valence-electron chi connectivity index (χ2n) is 1.81. The molecular weight excluding hydrogens is 74.1 g/mol. The van der Waals surface area contributed by atoms with Crippen molar-refractivity contribution in [2.45, 2.75) is 19.8 Å². The summed E-state index contributed by atoms with van der Waals surface area (Å²) in [5.41, 5.74) is 0. The zero-order valence-corrected chi connectivity index (χ0v) is 4.12. The van der Waals surface area contributed by atoms with Crippen LogP contribution in [0.15, 0.2) is 0 Å². The van der Waals surface area contributed by atoms with E-state index in [2.05, 4.69) is 12.2 Å². The molecule has 0 bridgehead atoms. The smallest absolute Gasteiger partial charge is 0.0333 e. The highest BCUT2D eigenvalue weighted by atomic mass is 14.9. The van der Waals surface area contributed by atoms with Crippen molar-refractivity contribution in [3.63, 3.8) is 0 Å². The van der Waals surface area contributed by atoms with Gasteiger partial charge in [0, 0.05) is 6.04 Å². The minimum atomic E-state index is 1.20. The molecule has 0 aromatic carbocycles. The zero-order chi connectivity index (χ0) is 4.41. The van der Waals surface area contributed by atoms with E-state index in [1.54, 1.807) is 0 Å². The van der Waals surface area contributed by atoms with Crippen molar-refractivity contribution < 1.29 is 0 Å². The van der Waals surface area contributed by atoms with E-state index in [0.29, 0.717) is 0 Å². The van der Waals surface area contributed by atoms with Gasteiger partial charge in [-0.25, -0.2) is 0 Å². The van der Waals surface area contributed by atoms with Crippen molar-refractivity contribution in [3.05, 3.63) is 6.04 Å². The molecule has 1 rings (SSSR count). The Labute approximate surface area is 38.7 Å². The van der Waals surface area contributed by atoms with Gasteiger partial charge in [0.05, 0.1) is 0 Å². The van der Waals surface area contributed by atoms with E-state index < -0.39 is 0 Å². The Hall–Kier alpha value is -0.0400. The Morgan fingerprint density at radius 2 is 2.50 bits per heavy atom. The standard InChI is InChI=1S/C5H10N/c1-5-3-2-4-6-5/h6H,2-4H2,1H3. The van der Waals surface area contributed by atoms with Crippen LogP contribution in [0, 0.1) is 6.04 Å². The van der Waals surface area contributed by atoms with Gasteiger partial charge in [-0.1, -0.05) is 0 Å². The van der Waals surface area contributed by atoms with E-state index in [4.69, 9.17) is 0 Å². The Kier molecular flexibility index (Phi) is 1.10. The minimum Gasteiger partial charge on any atom is -0.310 e. The van der Waals surface area contributed by atoms with E-state index in [1.807, 2.05) is 0 Å². The van der Waals surface area contributed by atoms with Gasteiger partial charge in [0.1, 0.15) is 0 Å². The summed E-state index contributed by atoms with van der Waals surface area (Å²) < 4.78 is 0. The molecule has 1 heterocycles. The van der Waals surface area contributed by atoms with E-state index in [-0.39, 0.29) is 0 Å². The van der Waals surface area contributed by atoms with Gasteiger partial charge in [0.2, 0.25) is 0 Å². The number of nitrogens with one attached hydrogen (secondary N) is 1. The van der Waals surface area contributed by atoms with Gasteiger partial charge in [-0.2, -0.15) is 0 Å². The second-order valence-corrected chi connectivity index (χ2v) is 1.81. The molecule has 0 unspecified atom stereocenters. The Morgan fingerprint density at radius 1 is 1.67 bits per heavy atom. The predicted octanol–water partition coefficient (Wildman–Crippen LogP) is 0.922. The maximum absolute atomic E-state index is 3.24. The molecule has 0 amide bonds. The molecule has 35 valence electrons. The topological polar surface area (TPSA) is 12.0 Å². The average Bonchev–Trinajstić information content (AvgIpc) is 1.86. The highest BCUT2D eigenvalue weighted by Crippen LogP contribution is 2.09. The van der Waals surface area contributed by atoms with E-state index in [0.717, 1.165) is 0 Å². The second kappa shape index (κ2) is 1.61. The molecule has 1 fully saturated rings. The SMILES string of the molecule is C[C]1CCCN1. The molecule has 1 aliphatic heterocycles. The van der Waals surface area contributed by atoms with Gasteiger partial charge < -0.3 is 5.32 Å². The summed E-state index contributed by atoms with van der Waals surface area (Å²) in [5, 5.41) is 3.24. The molecule has 1 nitrogen and oxygen atoms in total. The maximum Gasteiger partial charge on any atom is 0.0333 e. The largest absolute Gasteiger partial charge is 0.310 e. The lowest BCUT2D eigenvalue weighted by Gasteiger charge is -1.93. The van der Waals surface area contributed by atoms with Crippen molar-refractivity contribution in [2.75, 3.05) is 6.54 Å².